The Kier molecular flexibility index (Phi) is 6.42. The number of hydrogen-bond acceptors (Lipinski definition) is 4. The highest BCUT2D eigenvalue weighted by Crippen LogP contribution is 2.26. The zero-order chi connectivity index (χ0) is 21.1. The molecule has 30 heavy (non-hydrogen) atoms. The van der Waals surface area contributed by atoms with E-state index in [0.29, 0.717) is 22.6 Å². The van der Waals surface area contributed by atoms with Gasteiger partial charge in [-0.2, -0.15) is 0 Å². The molecule has 0 spiro atoms. The first-order valence-electron chi connectivity index (χ1n) is 11.0. The lowest BCUT2D eigenvalue weighted by Crippen LogP contribution is -2.39. The molecule has 1 saturated carbocycles. The maximum absolute atomic E-state index is 13.1. The van der Waals surface area contributed by atoms with Crippen LogP contribution in [-0.2, 0) is 11.3 Å². The lowest BCUT2D eigenvalue weighted by molar-refractivity contribution is -0.121. The first-order valence-corrected chi connectivity index (χ1v) is 11.8. The smallest absolute Gasteiger partial charge is 0.262 e. The van der Waals surface area contributed by atoms with Crippen molar-refractivity contribution in [1.29, 1.82) is 0 Å². The lowest BCUT2D eigenvalue weighted by atomic mass is 10.1. The summed E-state index contributed by atoms with van der Waals surface area (Å²) in [5.41, 5.74) is 0.634. The summed E-state index contributed by atoms with van der Waals surface area (Å²) in [5, 5.41) is 6.22. The molecule has 0 unspecified atom stereocenters. The predicted octanol–water partition coefficient (Wildman–Crippen LogP) is 4.89. The van der Waals surface area contributed by atoms with Crippen molar-refractivity contribution in [3.05, 3.63) is 46.8 Å². The fourth-order valence-corrected chi connectivity index (χ4v) is 5.19. The second-order valence-corrected chi connectivity index (χ2v) is 9.43. The minimum Gasteiger partial charge on any atom is -0.352 e. The summed E-state index contributed by atoms with van der Waals surface area (Å²) in [6, 6.07) is 12.1. The fraction of sp³-hybridized carbons (Fsp3) is 0.458. The molecule has 3 aromatic rings. The van der Waals surface area contributed by atoms with Gasteiger partial charge in [-0.25, -0.2) is 4.98 Å². The van der Waals surface area contributed by atoms with Crippen LogP contribution in [0.15, 0.2) is 46.3 Å². The average molecular weight is 424 g/mol. The summed E-state index contributed by atoms with van der Waals surface area (Å²) in [4.78, 5) is 30.7. The van der Waals surface area contributed by atoms with Gasteiger partial charge in [-0.1, -0.05) is 61.7 Å². The Bertz CT molecular complexity index is 1120. The van der Waals surface area contributed by atoms with Crippen LogP contribution >= 0.6 is 11.8 Å². The highest BCUT2D eigenvalue weighted by atomic mass is 32.2. The minimum atomic E-state index is -0.309. The van der Waals surface area contributed by atoms with Gasteiger partial charge in [0.1, 0.15) is 0 Å². The quantitative estimate of drug-likeness (QED) is 0.275. The topological polar surface area (TPSA) is 64.0 Å². The zero-order valence-electron chi connectivity index (χ0n) is 17.7. The molecule has 1 N–H and O–H groups in total. The van der Waals surface area contributed by atoms with Crippen molar-refractivity contribution in [3.8, 4) is 0 Å². The number of amides is 1. The Balaban J connectivity index is 1.61. The summed E-state index contributed by atoms with van der Waals surface area (Å²) in [5.74, 6) is 0.0300. The molecule has 6 heteroatoms. The summed E-state index contributed by atoms with van der Waals surface area (Å²) in [6.45, 7) is 4.36. The molecule has 0 saturated heterocycles. The van der Waals surface area contributed by atoms with Crippen LogP contribution in [0.1, 0.15) is 52.4 Å². The number of carbonyl (C=O) groups excluding carboxylic acids is 1. The summed E-state index contributed by atoms with van der Waals surface area (Å²) >= 11 is 1.37. The largest absolute Gasteiger partial charge is 0.352 e. The van der Waals surface area contributed by atoms with Crippen LogP contribution in [0.5, 0.6) is 0 Å². The van der Waals surface area contributed by atoms with E-state index >= 15 is 0 Å². The molecule has 5 nitrogen and oxygen atoms in total. The second-order valence-electron chi connectivity index (χ2n) is 8.12. The number of carbonyl (C=O) groups is 1. The molecule has 0 radical (unpaired) electrons. The second kappa shape index (κ2) is 9.21. The maximum atomic E-state index is 13.1. The van der Waals surface area contributed by atoms with Gasteiger partial charge in [0.2, 0.25) is 5.91 Å². The van der Waals surface area contributed by atoms with Gasteiger partial charge in [0.05, 0.1) is 16.2 Å². The van der Waals surface area contributed by atoms with E-state index in [1.165, 1.54) is 37.4 Å². The first-order chi connectivity index (χ1) is 14.6. The van der Waals surface area contributed by atoms with E-state index in [0.717, 1.165) is 23.6 Å². The van der Waals surface area contributed by atoms with Crippen molar-refractivity contribution in [2.75, 3.05) is 0 Å². The van der Waals surface area contributed by atoms with Gasteiger partial charge in [-0.05, 0) is 49.6 Å². The Morgan fingerprint density at radius 2 is 1.83 bits per heavy atom. The van der Waals surface area contributed by atoms with E-state index < -0.39 is 0 Å². The van der Waals surface area contributed by atoms with Crippen molar-refractivity contribution >= 4 is 39.3 Å². The SMILES string of the molecule is CCn1c(S[C@@H](C)C(=O)NC2CCCCCC2)nc2cc3ccccc3cc2c1=O. The van der Waals surface area contributed by atoms with Crippen LogP contribution in [0, 0.1) is 0 Å². The monoisotopic (exact) mass is 423 g/mol. The zero-order valence-corrected chi connectivity index (χ0v) is 18.5. The summed E-state index contributed by atoms with van der Waals surface area (Å²) in [6.07, 6.45) is 7.00. The molecule has 158 valence electrons. The van der Waals surface area contributed by atoms with E-state index in [2.05, 4.69) is 5.32 Å². The highest BCUT2D eigenvalue weighted by molar-refractivity contribution is 8.00. The van der Waals surface area contributed by atoms with E-state index in [9.17, 15) is 9.59 Å². The van der Waals surface area contributed by atoms with E-state index in [4.69, 9.17) is 4.98 Å². The number of benzene rings is 2. The standard InChI is InChI=1S/C24H29N3O2S/c1-3-27-23(29)20-14-17-10-8-9-11-18(17)15-21(20)26-24(27)30-16(2)22(28)25-19-12-6-4-5-7-13-19/h8-11,14-16,19H,3-7,12-13H2,1-2H3,(H,25,28)/t16-/m0/s1. The molecule has 1 aliphatic carbocycles. The number of aromatic nitrogens is 2. The van der Waals surface area contributed by atoms with Crippen molar-refractivity contribution in [3.63, 3.8) is 0 Å². The van der Waals surface area contributed by atoms with Crippen LogP contribution < -0.4 is 10.9 Å². The van der Waals surface area contributed by atoms with Crippen LogP contribution in [0.25, 0.3) is 21.7 Å². The molecule has 1 amide bonds. The Morgan fingerprint density at radius 1 is 1.17 bits per heavy atom. The number of nitrogens with zero attached hydrogens (tertiary/aromatic N) is 2. The van der Waals surface area contributed by atoms with Gasteiger partial charge >= 0.3 is 0 Å². The van der Waals surface area contributed by atoms with Gasteiger partial charge in [0, 0.05) is 12.6 Å². The molecular weight excluding hydrogens is 394 g/mol. The Labute approximate surface area is 181 Å². The number of thioether (sulfide) groups is 1. The molecule has 4 rings (SSSR count). The lowest BCUT2D eigenvalue weighted by Gasteiger charge is -2.20. The Morgan fingerprint density at radius 3 is 2.50 bits per heavy atom. The van der Waals surface area contributed by atoms with Crippen LogP contribution in [-0.4, -0.2) is 26.8 Å². The van der Waals surface area contributed by atoms with Crippen molar-refractivity contribution in [2.24, 2.45) is 0 Å². The normalized spacial score (nSPS) is 16.5. The summed E-state index contributed by atoms with van der Waals surface area (Å²) in [7, 11) is 0. The van der Waals surface area contributed by atoms with Crippen molar-refractivity contribution < 1.29 is 4.79 Å². The van der Waals surface area contributed by atoms with Crippen molar-refractivity contribution in [2.45, 2.75) is 75.4 Å². The third-order valence-electron chi connectivity index (χ3n) is 5.96. The van der Waals surface area contributed by atoms with Crippen LogP contribution in [0.4, 0.5) is 0 Å². The predicted molar refractivity (Wildman–Crippen MR) is 124 cm³/mol. The number of fused-ring (bicyclic) bond motifs is 2. The average Bonchev–Trinajstić information content (AvgIpc) is 3.01. The van der Waals surface area contributed by atoms with Gasteiger partial charge in [-0.3, -0.25) is 14.2 Å². The molecule has 1 aromatic heterocycles. The van der Waals surface area contributed by atoms with Crippen LogP contribution in [0.3, 0.4) is 0 Å². The molecule has 1 fully saturated rings. The third kappa shape index (κ3) is 4.38. The minimum absolute atomic E-state index is 0.0300. The van der Waals surface area contributed by atoms with E-state index in [1.807, 2.05) is 50.2 Å². The number of hydrogen-bond donors (Lipinski definition) is 1. The fourth-order valence-electron chi connectivity index (χ4n) is 4.21. The van der Waals surface area contributed by atoms with Gasteiger partial charge in [0.25, 0.3) is 5.56 Å². The molecule has 2 aromatic carbocycles. The third-order valence-corrected chi connectivity index (χ3v) is 7.05. The summed E-state index contributed by atoms with van der Waals surface area (Å²) < 4.78 is 1.68. The number of nitrogens with one attached hydrogen (secondary N) is 1. The van der Waals surface area contributed by atoms with Gasteiger partial charge in [0.15, 0.2) is 5.16 Å². The molecule has 1 atom stereocenters. The van der Waals surface area contributed by atoms with Crippen molar-refractivity contribution in [1.82, 2.24) is 14.9 Å². The van der Waals surface area contributed by atoms with Gasteiger partial charge in [-0.15, -0.1) is 0 Å². The van der Waals surface area contributed by atoms with E-state index in [-0.39, 0.29) is 22.8 Å². The maximum Gasteiger partial charge on any atom is 0.262 e. The first kappa shape index (κ1) is 20.9. The molecule has 0 bridgehead atoms. The molecule has 0 aliphatic heterocycles. The molecular formula is C24H29N3O2S. The Hall–Kier alpha value is -2.34. The molecule has 1 aliphatic rings. The van der Waals surface area contributed by atoms with Gasteiger partial charge < -0.3 is 5.32 Å². The van der Waals surface area contributed by atoms with E-state index in [1.54, 1.807) is 4.57 Å². The molecule has 1 heterocycles. The highest BCUT2D eigenvalue weighted by Gasteiger charge is 2.22. The van der Waals surface area contributed by atoms with Crippen LogP contribution in [0.2, 0.25) is 0 Å². The number of rotatable bonds is 5.